The van der Waals surface area contributed by atoms with Crippen LogP contribution in [0.25, 0.3) is 5.69 Å². The first kappa shape index (κ1) is 12.2. The van der Waals surface area contributed by atoms with Gasteiger partial charge in [-0.2, -0.15) is 5.10 Å². The number of aromatic amines is 2. The van der Waals surface area contributed by atoms with Crippen molar-refractivity contribution in [3.63, 3.8) is 0 Å². The number of aryl methyl sites for hydroxylation is 2. The molecule has 0 saturated heterocycles. The first-order chi connectivity index (χ1) is 8.47. The molecule has 0 unspecified atom stereocenters. The Labute approximate surface area is 102 Å². The summed E-state index contributed by atoms with van der Waals surface area (Å²) in [6.07, 6.45) is 0.331. The van der Waals surface area contributed by atoms with Gasteiger partial charge in [-0.1, -0.05) is 6.92 Å². The predicted molar refractivity (Wildman–Crippen MR) is 65.3 cm³/mol. The fourth-order valence-corrected chi connectivity index (χ4v) is 1.96. The molecular weight excluding hydrogens is 236 g/mol. The molecular formula is C11H14N4O3. The minimum atomic E-state index is -0.678. The third kappa shape index (κ3) is 1.64. The lowest BCUT2D eigenvalue weighted by atomic mass is 10.2. The van der Waals surface area contributed by atoms with Crippen LogP contribution in [-0.2, 0) is 6.42 Å². The predicted octanol–water partition coefficient (Wildman–Crippen LogP) is 0.134. The van der Waals surface area contributed by atoms with E-state index in [0.717, 1.165) is 4.57 Å². The molecule has 7 nitrogen and oxygen atoms in total. The number of hydrogen-bond donors (Lipinski definition) is 3. The molecule has 3 N–H and O–H groups in total. The van der Waals surface area contributed by atoms with Crippen molar-refractivity contribution in [3.05, 3.63) is 37.8 Å². The van der Waals surface area contributed by atoms with Crippen LogP contribution < -0.4 is 11.2 Å². The molecule has 0 fully saturated rings. The first-order valence-corrected chi connectivity index (χ1v) is 5.56. The second-order valence-electron chi connectivity index (χ2n) is 4.03. The monoisotopic (exact) mass is 250 g/mol. The Kier molecular flexibility index (Phi) is 2.82. The van der Waals surface area contributed by atoms with Crippen LogP contribution in [0.3, 0.4) is 0 Å². The average Bonchev–Trinajstić information content (AvgIpc) is 2.61. The van der Waals surface area contributed by atoms with Gasteiger partial charge in [0.25, 0.3) is 5.56 Å². The molecule has 7 heteroatoms. The van der Waals surface area contributed by atoms with Crippen molar-refractivity contribution in [3.8, 4) is 11.6 Å². The molecule has 0 bridgehead atoms. The summed E-state index contributed by atoms with van der Waals surface area (Å²) in [6, 6.07) is 0. The standard InChI is InChI=1S/C11H14N4O3/c1-4-7-9(16)12-11(18)15(10(7)17)8-5(2)13-14-6(8)3/h17H,4H2,1-3H3,(H,13,14)(H,12,16,18). The summed E-state index contributed by atoms with van der Waals surface area (Å²) < 4.78 is 1.06. The Morgan fingerprint density at radius 2 is 2.00 bits per heavy atom. The van der Waals surface area contributed by atoms with Gasteiger partial charge in [-0.25, -0.2) is 9.36 Å². The molecule has 18 heavy (non-hydrogen) atoms. The normalized spacial score (nSPS) is 10.8. The lowest BCUT2D eigenvalue weighted by molar-refractivity contribution is 0.423. The third-order valence-corrected chi connectivity index (χ3v) is 2.85. The number of nitrogens with zero attached hydrogens (tertiary/aromatic N) is 2. The molecule has 0 aliphatic heterocycles. The third-order valence-electron chi connectivity index (χ3n) is 2.85. The van der Waals surface area contributed by atoms with Crippen molar-refractivity contribution < 1.29 is 5.11 Å². The molecule has 0 aromatic carbocycles. The van der Waals surface area contributed by atoms with Gasteiger partial charge in [0.2, 0.25) is 5.88 Å². The van der Waals surface area contributed by atoms with E-state index in [4.69, 9.17) is 0 Å². The van der Waals surface area contributed by atoms with Gasteiger partial charge >= 0.3 is 5.69 Å². The molecule has 0 aliphatic carbocycles. The Balaban J connectivity index is 2.89. The van der Waals surface area contributed by atoms with Crippen molar-refractivity contribution in [2.45, 2.75) is 27.2 Å². The smallest absolute Gasteiger partial charge is 0.335 e. The number of aromatic nitrogens is 4. The van der Waals surface area contributed by atoms with Gasteiger partial charge in [0, 0.05) is 0 Å². The van der Waals surface area contributed by atoms with Gasteiger partial charge in [0.1, 0.15) is 0 Å². The summed E-state index contributed by atoms with van der Waals surface area (Å²) in [5.41, 5.74) is 0.605. The van der Waals surface area contributed by atoms with Crippen LogP contribution >= 0.6 is 0 Å². The summed E-state index contributed by atoms with van der Waals surface area (Å²) >= 11 is 0. The number of hydrogen-bond acceptors (Lipinski definition) is 4. The lowest BCUT2D eigenvalue weighted by Crippen LogP contribution is -2.31. The van der Waals surface area contributed by atoms with E-state index in [9.17, 15) is 14.7 Å². The Bertz CT molecular complexity index is 689. The molecule has 2 aromatic heterocycles. The van der Waals surface area contributed by atoms with Crippen LogP contribution in [0.5, 0.6) is 5.88 Å². The number of nitrogens with one attached hydrogen (secondary N) is 2. The van der Waals surface area contributed by atoms with Gasteiger partial charge in [-0.3, -0.25) is 14.9 Å². The maximum Gasteiger partial charge on any atom is 0.335 e. The molecule has 0 radical (unpaired) electrons. The van der Waals surface area contributed by atoms with E-state index in [1.807, 2.05) is 0 Å². The largest absolute Gasteiger partial charge is 0.494 e. The Morgan fingerprint density at radius 3 is 2.50 bits per heavy atom. The summed E-state index contributed by atoms with van der Waals surface area (Å²) in [7, 11) is 0. The highest BCUT2D eigenvalue weighted by Gasteiger charge is 2.18. The van der Waals surface area contributed by atoms with Crippen molar-refractivity contribution in [1.82, 2.24) is 19.7 Å². The van der Waals surface area contributed by atoms with Crippen molar-refractivity contribution in [2.75, 3.05) is 0 Å². The van der Waals surface area contributed by atoms with E-state index in [2.05, 4.69) is 15.2 Å². The van der Waals surface area contributed by atoms with Crippen molar-refractivity contribution in [1.29, 1.82) is 0 Å². The lowest BCUT2D eigenvalue weighted by Gasteiger charge is -2.10. The second-order valence-corrected chi connectivity index (χ2v) is 4.03. The fourth-order valence-electron chi connectivity index (χ4n) is 1.96. The summed E-state index contributed by atoms with van der Waals surface area (Å²) in [6.45, 7) is 5.17. The minimum absolute atomic E-state index is 0.176. The summed E-state index contributed by atoms with van der Waals surface area (Å²) in [5.74, 6) is -0.334. The zero-order chi connectivity index (χ0) is 13.4. The van der Waals surface area contributed by atoms with Crippen LogP contribution in [0.1, 0.15) is 23.9 Å². The van der Waals surface area contributed by atoms with E-state index < -0.39 is 11.2 Å². The number of rotatable bonds is 2. The average molecular weight is 250 g/mol. The first-order valence-electron chi connectivity index (χ1n) is 5.56. The molecule has 0 aliphatic rings. The van der Waals surface area contributed by atoms with E-state index in [-0.39, 0.29) is 11.4 Å². The number of H-pyrrole nitrogens is 2. The Morgan fingerprint density at radius 1 is 1.33 bits per heavy atom. The molecule has 2 heterocycles. The fraction of sp³-hybridized carbons (Fsp3) is 0.364. The molecule has 2 aromatic rings. The van der Waals surface area contributed by atoms with Crippen molar-refractivity contribution in [2.24, 2.45) is 0 Å². The molecule has 0 atom stereocenters. The highest BCUT2D eigenvalue weighted by atomic mass is 16.3. The van der Waals surface area contributed by atoms with Gasteiger partial charge in [-0.15, -0.1) is 0 Å². The summed E-state index contributed by atoms with van der Waals surface area (Å²) in [4.78, 5) is 25.6. The molecule has 2 rings (SSSR count). The second kappa shape index (κ2) is 4.17. The Hall–Kier alpha value is -2.31. The molecule has 96 valence electrons. The highest BCUT2D eigenvalue weighted by Crippen LogP contribution is 2.20. The topological polar surface area (TPSA) is 104 Å². The van der Waals surface area contributed by atoms with Crippen LogP contribution in [0.15, 0.2) is 9.59 Å². The van der Waals surface area contributed by atoms with Gasteiger partial charge in [0.05, 0.1) is 22.6 Å². The molecule has 0 saturated carbocycles. The molecule has 0 spiro atoms. The zero-order valence-electron chi connectivity index (χ0n) is 10.4. The number of aromatic hydroxyl groups is 1. The van der Waals surface area contributed by atoms with Gasteiger partial charge in [0.15, 0.2) is 0 Å². The van der Waals surface area contributed by atoms with Gasteiger partial charge in [-0.05, 0) is 20.3 Å². The summed E-state index contributed by atoms with van der Waals surface area (Å²) in [5, 5.41) is 16.8. The van der Waals surface area contributed by atoms with E-state index in [1.54, 1.807) is 20.8 Å². The van der Waals surface area contributed by atoms with Crippen LogP contribution in [0.4, 0.5) is 0 Å². The quantitative estimate of drug-likeness (QED) is 0.704. The van der Waals surface area contributed by atoms with Gasteiger partial charge < -0.3 is 5.11 Å². The maximum absolute atomic E-state index is 11.8. The minimum Gasteiger partial charge on any atom is -0.494 e. The zero-order valence-corrected chi connectivity index (χ0v) is 10.4. The van der Waals surface area contributed by atoms with E-state index in [0.29, 0.717) is 23.5 Å². The SMILES string of the molecule is CCc1c(O)n(-c2c(C)n[nH]c2C)c(=O)[nH]c1=O. The van der Waals surface area contributed by atoms with E-state index >= 15 is 0 Å². The maximum atomic E-state index is 11.8. The van der Waals surface area contributed by atoms with Crippen LogP contribution in [0, 0.1) is 13.8 Å². The highest BCUT2D eigenvalue weighted by molar-refractivity contribution is 5.44. The molecule has 0 amide bonds. The van der Waals surface area contributed by atoms with E-state index in [1.165, 1.54) is 0 Å². The van der Waals surface area contributed by atoms with Crippen LogP contribution in [0.2, 0.25) is 0 Å². The van der Waals surface area contributed by atoms with Crippen LogP contribution in [-0.4, -0.2) is 24.9 Å². The van der Waals surface area contributed by atoms with Crippen molar-refractivity contribution >= 4 is 0 Å².